The van der Waals surface area contributed by atoms with Crippen LogP contribution >= 0.6 is 22.9 Å². The van der Waals surface area contributed by atoms with Gasteiger partial charge < -0.3 is 9.64 Å². The third-order valence-electron chi connectivity index (χ3n) is 4.76. The van der Waals surface area contributed by atoms with Gasteiger partial charge in [0.2, 0.25) is 0 Å². The summed E-state index contributed by atoms with van der Waals surface area (Å²) in [6.07, 6.45) is 4.50. The minimum absolute atomic E-state index is 0.106. The Labute approximate surface area is 128 Å². The third-order valence-corrected chi connectivity index (χ3v) is 6.44. The van der Waals surface area contributed by atoms with Crippen molar-refractivity contribution < 1.29 is 9.53 Å². The Hall–Kier alpha value is -0.580. The quantitative estimate of drug-likeness (QED) is 0.790. The molecule has 2 fully saturated rings. The number of carbonyl (C=O) groups excluding carboxylic acids is 1. The fourth-order valence-electron chi connectivity index (χ4n) is 3.21. The first-order valence-corrected chi connectivity index (χ1v) is 8.48. The van der Waals surface area contributed by atoms with E-state index in [0.29, 0.717) is 15.3 Å². The predicted octanol–water partition coefficient (Wildman–Crippen LogP) is 3.74. The number of amides is 1. The van der Waals surface area contributed by atoms with Crippen molar-refractivity contribution in [2.45, 2.75) is 32.6 Å². The predicted molar refractivity (Wildman–Crippen MR) is 81.7 cm³/mol. The molecule has 0 N–H and O–H groups in total. The number of piperidine rings is 1. The summed E-state index contributed by atoms with van der Waals surface area (Å²) in [5, 5.41) is 2.59. The number of aryl methyl sites for hydroxylation is 1. The molecule has 0 unspecified atom stereocenters. The van der Waals surface area contributed by atoms with E-state index in [1.54, 1.807) is 0 Å². The van der Waals surface area contributed by atoms with Crippen molar-refractivity contribution in [1.82, 2.24) is 4.90 Å². The van der Waals surface area contributed by atoms with Gasteiger partial charge in [0.15, 0.2) is 0 Å². The molecule has 1 aromatic heterocycles. The van der Waals surface area contributed by atoms with Gasteiger partial charge in [0, 0.05) is 26.3 Å². The first-order valence-electron chi connectivity index (χ1n) is 7.22. The SMILES string of the molecule is Cc1csc(C(=O)N2CCC3(CCOCC3)CC2)c1Cl. The van der Waals surface area contributed by atoms with Gasteiger partial charge in [0.25, 0.3) is 5.91 Å². The Bertz CT molecular complexity index is 498. The molecule has 2 saturated heterocycles. The normalized spacial score (nSPS) is 22.2. The van der Waals surface area contributed by atoms with Crippen LogP contribution < -0.4 is 0 Å². The van der Waals surface area contributed by atoms with Gasteiger partial charge in [-0.3, -0.25) is 4.79 Å². The molecule has 2 aliphatic rings. The number of carbonyl (C=O) groups is 1. The highest BCUT2D eigenvalue weighted by Crippen LogP contribution is 2.41. The third kappa shape index (κ3) is 2.61. The number of rotatable bonds is 1. The molecule has 20 heavy (non-hydrogen) atoms. The van der Waals surface area contributed by atoms with Crippen LogP contribution in [0.1, 0.15) is 40.9 Å². The number of nitrogens with zero attached hydrogens (tertiary/aromatic N) is 1. The zero-order valence-corrected chi connectivity index (χ0v) is 13.4. The molecule has 0 bridgehead atoms. The van der Waals surface area contributed by atoms with Crippen molar-refractivity contribution in [3.63, 3.8) is 0 Å². The molecule has 0 saturated carbocycles. The largest absolute Gasteiger partial charge is 0.381 e. The Balaban J connectivity index is 1.66. The summed E-state index contributed by atoms with van der Waals surface area (Å²) in [4.78, 5) is 15.2. The molecule has 3 nitrogen and oxygen atoms in total. The number of halogens is 1. The van der Waals surface area contributed by atoms with E-state index in [0.717, 1.165) is 57.6 Å². The van der Waals surface area contributed by atoms with E-state index in [9.17, 15) is 4.79 Å². The van der Waals surface area contributed by atoms with Gasteiger partial charge in [-0.2, -0.15) is 0 Å². The lowest BCUT2D eigenvalue weighted by Crippen LogP contribution is -2.45. The second-order valence-electron chi connectivity index (χ2n) is 5.97. The molecule has 0 radical (unpaired) electrons. The molecule has 3 rings (SSSR count). The smallest absolute Gasteiger partial charge is 0.265 e. The van der Waals surface area contributed by atoms with Crippen LogP contribution in [0.25, 0.3) is 0 Å². The average molecular weight is 314 g/mol. The number of hydrogen-bond donors (Lipinski definition) is 0. The number of ether oxygens (including phenoxy) is 1. The standard InChI is InChI=1S/C15H20ClNO2S/c1-11-10-20-13(12(11)16)14(18)17-6-2-15(3-7-17)4-8-19-9-5-15/h10H,2-9H2,1H3. The van der Waals surface area contributed by atoms with Gasteiger partial charge in [-0.05, 0) is 49.0 Å². The highest BCUT2D eigenvalue weighted by atomic mass is 35.5. The van der Waals surface area contributed by atoms with E-state index in [1.807, 2.05) is 17.2 Å². The average Bonchev–Trinajstić information content (AvgIpc) is 2.80. The van der Waals surface area contributed by atoms with Gasteiger partial charge in [-0.15, -0.1) is 11.3 Å². The van der Waals surface area contributed by atoms with Crippen molar-refractivity contribution >= 4 is 28.8 Å². The molecule has 3 heterocycles. The Kier molecular flexibility index (Phi) is 4.07. The molecular formula is C15H20ClNO2S. The first kappa shape index (κ1) is 14.4. The molecule has 1 spiro atoms. The van der Waals surface area contributed by atoms with Crippen molar-refractivity contribution in [3.05, 3.63) is 20.8 Å². The molecule has 2 aliphatic heterocycles. The van der Waals surface area contributed by atoms with Crippen LogP contribution in [0.2, 0.25) is 5.02 Å². The molecule has 1 amide bonds. The van der Waals surface area contributed by atoms with Crippen LogP contribution in [-0.2, 0) is 4.74 Å². The number of hydrogen-bond acceptors (Lipinski definition) is 3. The fourth-order valence-corrected chi connectivity index (χ4v) is 4.45. The van der Waals surface area contributed by atoms with Gasteiger partial charge in [-0.1, -0.05) is 11.6 Å². The fraction of sp³-hybridized carbons (Fsp3) is 0.667. The van der Waals surface area contributed by atoms with Crippen LogP contribution in [0.3, 0.4) is 0 Å². The Morgan fingerprint density at radius 3 is 2.50 bits per heavy atom. The summed E-state index contributed by atoms with van der Waals surface area (Å²) in [5.41, 5.74) is 1.42. The zero-order chi connectivity index (χ0) is 14.2. The molecule has 110 valence electrons. The van der Waals surface area contributed by atoms with E-state index in [-0.39, 0.29) is 5.91 Å². The molecule has 0 atom stereocenters. The maximum Gasteiger partial charge on any atom is 0.265 e. The highest BCUT2D eigenvalue weighted by Gasteiger charge is 2.37. The summed E-state index contributed by atoms with van der Waals surface area (Å²) < 4.78 is 5.46. The monoisotopic (exact) mass is 313 g/mol. The van der Waals surface area contributed by atoms with Gasteiger partial charge in [0.05, 0.1) is 5.02 Å². The molecular weight excluding hydrogens is 294 g/mol. The molecule has 0 aliphatic carbocycles. The second-order valence-corrected chi connectivity index (χ2v) is 7.22. The van der Waals surface area contributed by atoms with E-state index in [1.165, 1.54) is 11.3 Å². The van der Waals surface area contributed by atoms with E-state index < -0.39 is 0 Å². The minimum atomic E-state index is 0.106. The summed E-state index contributed by atoms with van der Waals surface area (Å²) in [6.45, 7) is 5.41. The molecule has 1 aromatic rings. The lowest BCUT2D eigenvalue weighted by atomic mass is 9.72. The van der Waals surface area contributed by atoms with Crippen molar-refractivity contribution in [3.8, 4) is 0 Å². The van der Waals surface area contributed by atoms with Crippen LogP contribution in [0, 0.1) is 12.3 Å². The van der Waals surface area contributed by atoms with Crippen LogP contribution in [0.4, 0.5) is 0 Å². The number of thiophene rings is 1. The lowest BCUT2D eigenvalue weighted by Gasteiger charge is -2.44. The van der Waals surface area contributed by atoms with Crippen molar-refractivity contribution in [1.29, 1.82) is 0 Å². The summed E-state index contributed by atoms with van der Waals surface area (Å²) in [5.74, 6) is 0.106. The first-order chi connectivity index (χ1) is 9.61. The van der Waals surface area contributed by atoms with Crippen LogP contribution in [0.5, 0.6) is 0 Å². The van der Waals surface area contributed by atoms with Crippen molar-refractivity contribution in [2.24, 2.45) is 5.41 Å². The van der Waals surface area contributed by atoms with Crippen LogP contribution in [0.15, 0.2) is 5.38 Å². The minimum Gasteiger partial charge on any atom is -0.381 e. The maximum absolute atomic E-state index is 12.5. The second kappa shape index (κ2) is 5.66. The zero-order valence-electron chi connectivity index (χ0n) is 11.8. The van der Waals surface area contributed by atoms with E-state index in [4.69, 9.17) is 16.3 Å². The van der Waals surface area contributed by atoms with Crippen molar-refractivity contribution in [2.75, 3.05) is 26.3 Å². The highest BCUT2D eigenvalue weighted by molar-refractivity contribution is 7.13. The topological polar surface area (TPSA) is 29.5 Å². The molecule has 0 aromatic carbocycles. The van der Waals surface area contributed by atoms with E-state index in [2.05, 4.69) is 0 Å². The summed E-state index contributed by atoms with van der Waals surface area (Å²) in [7, 11) is 0. The lowest BCUT2D eigenvalue weighted by molar-refractivity contribution is -0.0174. The van der Waals surface area contributed by atoms with Crippen LogP contribution in [-0.4, -0.2) is 37.1 Å². The molecule has 5 heteroatoms. The van der Waals surface area contributed by atoms with E-state index >= 15 is 0 Å². The van der Waals surface area contributed by atoms with Gasteiger partial charge in [-0.25, -0.2) is 0 Å². The maximum atomic E-state index is 12.5. The Morgan fingerprint density at radius 2 is 1.95 bits per heavy atom. The van der Waals surface area contributed by atoms with Gasteiger partial charge >= 0.3 is 0 Å². The number of likely N-dealkylation sites (tertiary alicyclic amines) is 1. The van der Waals surface area contributed by atoms with Gasteiger partial charge in [0.1, 0.15) is 4.88 Å². The Morgan fingerprint density at radius 1 is 1.30 bits per heavy atom. The summed E-state index contributed by atoms with van der Waals surface area (Å²) in [6, 6.07) is 0. The summed E-state index contributed by atoms with van der Waals surface area (Å²) >= 11 is 7.67.